The molecule has 1 aliphatic rings. The van der Waals surface area contributed by atoms with Gasteiger partial charge in [-0.25, -0.2) is 0 Å². The molecule has 2 aromatic heterocycles. The molecule has 0 bridgehead atoms. The molecular weight excluding hydrogens is 294 g/mol. The molecule has 2 heterocycles. The van der Waals surface area contributed by atoms with Crippen LogP contribution in [-0.2, 0) is 17.8 Å². The zero-order valence-corrected chi connectivity index (χ0v) is 13.9. The van der Waals surface area contributed by atoms with Crippen LogP contribution in [0.1, 0.15) is 55.3 Å². The first-order valence-corrected chi connectivity index (χ1v) is 8.14. The number of hydrogen-bond donors (Lipinski definition) is 0. The lowest BCUT2D eigenvalue weighted by molar-refractivity contribution is -0.130. The van der Waals surface area contributed by atoms with Crippen molar-refractivity contribution in [3.63, 3.8) is 0 Å². The van der Waals surface area contributed by atoms with Crippen LogP contribution in [-0.4, -0.2) is 28.0 Å². The summed E-state index contributed by atoms with van der Waals surface area (Å²) in [7, 11) is 1.81. The van der Waals surface area contributed by atoms with Gasteiger partial charge in [0, 0.05) is 25.8 Å². The summed E-state index contributed by atoms with van der Waals surface area (Å²) >= 11 is 0. The molecule has 1 fully saturated rings. The van der Waals surface area contributed by atoms with Gasteiger partial charge < -0.3 is 13.8 Å². The Morgan fingerprint density at radius 3 is 2.87 bits per heavy atom. The van der Waals surface area contributed by atoms with Crippen LogP contribution in [0, 0.1) is 12.8 Å². The van der Waals surface area contributed by atoms with Crippen molar-refractivity contribution in [3.05, 3.63) is 35.4 Å². The quantitative estimate of drug-likeness (QED) is 0.784. The summed E-state index contributed by atoms with van der Waals surface area (Å²) in [5.41, 5.74) is 0. The van der Waals surface area contributed by atoms with Crippen LogP contribution in [0.5, 0.6) is 0 Å². The Morgan fingerprint density at radius 1 is 1.43 bits per heavy atom. The molecule has 6 heteroatoms. The number of hydrogen-bond acceptors (Lipinski definition) is 5. The molecule has 2 aromatic rings. The van der Waals surface area contributed by atoms with E-state index in [0.29, 0.717) is 43.4 Å². The Morgan fingerprint density at radius 2 is 2.22 bits per heavy atom. The topological polar surface area (TPSA) is 72.4 Å². The number of furan rings is 1. The third-order valence-corrected chi connectivity index (χ3v) is 4.33. The lowest BCUT2D eigenvalue weighted by Gasteiger charge is -2.15. The van der Waals surface area contributed by atoms with Crippen molar-refractivity contribution in [2.75, 3.05) is 7.05 Å². The van der Waals surface area contributed by atoms with E-state index in [1.807, 2.05) is 12.1 Å². The van der Waals surface area contributed by atoms with Gasteiger partial charge in [-0.2, -0.15) is 4.98 Å². The van der Waals surface area contributed by atoms with E-state index < -0.39 is 0 Å². The van der Waals surface area contributed by atoms with Crippen molar-refractivity contribution in [3.8, 4) is 0 Å². The minimum atomic E-state index is 0.0963. The summed E-state index contributed by atoms with van der Waals surface area (Å²) in [4.78, 5) is 18.0. The predicted octanol–water partition coefficient (Wildman–Crippen LogP) is 3.08. The normalized spacial score (nSPS) is 19.8. The Kier molecular flexibility index (Phi) is 4.50. The summed E-state index contributed by atoms with van der Waals surface area (Å²) in [5.74, 6) is 4.51. The fourth-order valence-electron chi connectivity index (χ4n) is 2.74. The molecule has 0 saturated heterocycles. The van der Waals surface area contributed by atoms with Crippen LogP contribution in [0.15, 0.2) is 21.1 Å². The Bertz CT molecular complexity index is 676. The smallest absolute Gasteiger partial charge is 0.226 e. The standard InChI is InChI=1S/C17H23N3O3/c1-11-9-14(11)15-8-7-13(22-15)10-20(3)17(21)6-4-5-16-18-12(2)19-23-16/h7-8,11,14H,4-6,9-10H2,1-3H3/t11-,14-/m1/s1. The lowest BCUT2D eigenvalue weighted by Crippen LogP contribution is -2.25. The average molecular weight is 317 g/mol. The van der Waals surface area contributed by atoms with E-state index in [4.69, 9.17) is 8.94 Å². The van der Waals surface area contributed by atoms with E-state index in [2.05, 4.69) is 17.1 Å². The highest BCUT2D eigenvalue weighted by Gasteiger charge is 2.36. The van der Waals surface area contributed by atoms with Crippen molar-refractivity contribution in [2.45, 2.75) is 52.0 Å². The molecule has 124 valence electrons. The Labute approximate surface area is 135 Å². The highest BCUT2D eigenvalue weighted by atomic mass is 16.5. The molecule has 2 atom stereocenters. The zero-order valence-electron chi connectivity index (χ0n) is 13.9. The summed E-state index contributed by atoms with van der Waals surface area (Å²) in [6, 6.07) is 4.02. The van der Waals surface area contributed by atoms with Gasteiger partial charge in [0.15, 0.2) is 5.82 Å². The first-order chi connectivity index (χ1) is 11.0. The minimum Gasteiger partial charge on any atom is -0.464 e. The van der Waals surface area contributed by atoms with Crippen molar-refractivity contribution >= 4 is 5.91 Å². The van der Waals surface area contributed by atoms with Crippen molar-refractivity contribution in [2.24, 2.45) is 5.92 Å². The molecule has 0 radical (unpaired) electrons. The van der Waals surface area contributed by atoms with E-state index in [1.165, 1.54) is 6.42 Å². The molecule has 0 spiro atoms. The van der Waals surface area contributed by atoms with Gasteiger partial charge in [-0.05, 0) is 37.8 Å². The SMILES string of the molecule is Cc1noc(CCCC(=O)N(C)Cc2ccc([C@@H]3C[C@H]3C)o2)n1. The van der Waals surface area contributed by atoms with Crippen LogP contribution < -0.4 is 0 Å². The summed E-state index contributed by atoms with van der Waals surface area (Å²) < 4.78 is 10.9. The first kappa shape index (κ1) is 15.8. The molecule has 1 amide bonds. The largest absolute Gasteiger partial charge is 0.464 e. The van der Waals surface area contributed by atoms with E-state index in [1.54, 1.807) is 18.9 Å². The van der Waals surface area contributed by atoms with Crippen LogP contribution in [0.4, 0.5) is 0 Å². The van der Waals surface area contributed by atoms with Gasteiger partial charge in [0.2, 0.25) is 11.8 Å². The number of carbonyl (C=O) groups excluding carboxylic acids is 1. The number of aryl methyl sites for hydroxylation is 2. The maximum atomic E-state index is 12.2. The van der Waals surface area contributed by atoms with Crippen LogP contribution in [0.25, 0.3) is 0 Å². The maximum Gasteiger partial charge on any atom is 0.226 e. The number of aromatic nitrogens is 2. The zero-order chi connectivity index (χ0) is 16.4. The molecule has 0 aliphatic heterocycles. The van der Waals surface area contributed by atoms with Crippen LogP contribution in [0.2, 0.25) is 0 Å². The molecule has 1 aliphatic carbocycles. The molecule has 3 rings (SSSR count). The van der Waals surface area contributed by atoms with E-state index >= 15 is 0 Å². The number of amides is 1. The van der Waals surface area contributed by atoms with Crippen molar-refractivity contribution < 1.29 is 13.7 Å². The molecule has 0 unspecified atom stereocenters. The Balaban J connectivity index is 1.43. The van der Waals surface area contributed by atoms with Gasteiger partial charge in [-0.1, -0.05) is 12.1 Å². The predicted molar refractivity (Wildman–Crippen MR) is 83.7 cm³/mol. The fraction of sp³-hybridized carbons (Fsp3) is 0.588. The number of rotatable bonds is 7. The lowest BCUT2D eigenvalue weighted by atomic mass is 10.2. The summed E-state index contributed by atoms with van der Waals surface area (Å²) in [5, 5.41) is 3.74. The van der Waals surface area contributed by atoms with Gasteiger partial charge in [-0.15, -0.1) is 0 Å². The third kappa shape index (κ3) is 4.00. The average Bonchev–Trinajstić information content (AvgIpc) is 2.89. The van der Waals surface area contributed by atoms with Gasteiger partial charge in [0.05, 0.1) is 6.54 Å². The first-order valence-electron chi connectivity index (χ1n) is 8.14. The maximum absolute atomic E-state index is 12.2. The van der Waals surface area contributed by atoms with Crippen molar-refractivity contribution in [1.29, 1.82) is 0 Å². The van der Waals surface area contributed by atoms with E-state index in [-0.39, 0.29) is 5.91 Å². The van der Waals surface area contributed by atoms with Gasteiger partial charge >= 0.3 is 0 Å². The highest BCUT2D eigenvalue weighted by molar-refractivity contribution is 5.75. The summed E-state index contributed by atoms with van der Waals surface area (Å²) in [6.45, 7) is 4.53. The molecule has 0 N–H and O–H groups in total. The molecule has 6 nitrogen and oxygen atoms in total. The van der Waals surface area contributed by atoms with Gasteiger partial charge in [-0.3, -0.25) is 4.79 Å². The molecule has 0 aromatic carbocycles. The molecule has 23 heavy (non-hydrogen) atoms. The van der Waals surface area contributed by atoms with Gasteiger partial charge in [0.1, 0.15) is 11.5 Å². The second kappa shape index (κ2) is 6.56. The van der Waals surface area contributed by atoms with Crippen LogP contribution >= 0.6 is 0 Å². The second-order valence-corrected chi connectivity index (χ2v) is 6.46. The second-order valence-electron chi connectivity index (χ2n) is 6.46. The van der Waals surface area contributed by atoms with E-state index in [0.717, 1.165) is 17.4 Å². The monoisotopic (exact) mass is 317 g/mol. The minimum absolute atomic E-state index is 0.0963. The fourth-order valence-corrected chi connectivity index (χ4v) is 2.74. The van der Waals surface area contributed by atoms with Gasteiger partial charge in [0.25, 0.3) is 0 Å². The van der Waals surface area contributed by atoms with Crippen LogP contribution in [0.3, 0.4) is 0 Å². The highest BCUT2D eigenvalue weighted by Crippen LogP contribution is 2.47. The molecular formula is C17H23N3O3. The number of carbonyl (C=O) groups is 1. The van der Waals surface area contributed by atoms with E-state index in [9.17, 15) is 4.79 Å². The Hall–Kier alpha value is -2.11. The third-order valence-electron chi connectivity index (χ3n) is 4.33. The van der Waals surface area contributed by atoms with Crippen molar-refractivity contribution in [1.82, 2.24) is 15.0 Å². The molecule has 1 saturated carbocycles. The number of nitrogens with zero attached hydrogens (tertiary/aromatic N) is 3. The summed E-state index contributed by atoms with van der Waals surface area (Å²) in [6.07, 6.45) is 3.00.